The van der Waals surface area contributed by atoms with Gasteiger partial charge in [-0.15, -0.1) is 0 Å². The summed E-state index contributed by atoms with van der Waals surface area (Å²) < 4.78 is 40.0. The van der Waals surface area contributed by atoms with Gasteiger partial charge < -0.3 is 9.29 Å². The fourth-order valence-corrected chi connectivity index (χ4v) is 2.42. The first kappa shape index (κ1) is 24.6. The molecule has 0 spiro atoms. The quantitative estimate of drug-likeness (QED) is 0.152. The topological polar surface area (TPSA) is 92.7 Å². The van der Waals surface area contributed by atoms with Crippen LogP contribution in [0.2, 0.25) is 0 Å². The van der Waals surface area contributed by atoms with Gasteiger partial charge >= 0.3 is 35.5 Å². The first-order valence-electron chi connectivity index (χ1n) is 7.65. The standard InChI is InChI=1S/C14H28O6S.Na/c1-3-4-5-6-7-8-9-10-11-19-14(15)12-13(2)20-21(16,17)18;/h13H,3-12H2,1-2H3,(H,16,17,18);/q;+1/p-1. The van der Waals surface area contributed by atoms with Crippen LogP contribution in [0.5, 0.6) is 0 Å². The Bertz CT molecular complexity index is 372. The molecule has 0 heterocycles. The summed E-state index contributed by atoms with van der Waals surface area (Å²) in [6, 6.07) is 0. The minimum Gasteiger partial charge on any atom is -0.726 e. The molecule has 0 fully saturated rings. The fraction of sp³-hybridized carbons (Fsp3) is 0.929. The van der Waals surface area contributed by atoms with Gasteiger partial charge in [0.25, 0.3) is 0 Å². The van der Waals surface area contributed by atoms with Crippen molar-refractivity contribution in [1.82, 2.24) is 0 Å². The normalized spacial score (nSPS) is 12.5. The largest absolute Gasteiger partial charge is 1.00 e. The summed E-state index contributed by atoms with van der Waals surface area (Å²) >= 11 is 0. The van der Waals surface area contributed by atoms with E-state index < -0.39 is 22.5 Å². The average molecular weight is 346 g/mol. The monoisotopic (exact) mass is 346 g/mol. The van der Waals surface area contributed by atoms with Crippen LogP contribution < -0.4 is 29.6 Å². The van der Waals surface area contributed by atoms with Crippen molar-refractivity contribution in [3.8, 4) is 0 Å². The van der Waals surface area contributed by atoms with E-state index in [-0.39, 0.29) is 36.0 Å². The maximum absolute atomic E-state index is 11.3. The second-order valence-corrected chi connectivity index (χ2v) is 6.22. The molecule has 0 radical (unpaired) electrons. The fourth-order valence-electron chi connectivity index (χ4n) is 1.95. The van der Waals surface area contributed by atoms with Gasteiger partial charge in [0.05, 0.1) is 19.1 Å². The second kappa shape index (κ2) is 14.9. The minimum absolute atomic E-state index is 0. The minimum atomic E-state index is -4.77. The molecule has 0 aliphatic heterocycles. The molecule has 8 heteroatoms. The van der Waals surface area contributed by atoms with Gasteiger partial charge in [0.1, 0.15) is 0 Å². The number of esters is 1. The van der Waals surface area contributed by atoms with E-state index in [2.05, 4.69) is 11.1 Å². The third kappa shape index (κ3) is 18.4. The van der Waals surface area contributed by atoms with Crippen molar-refractivity contribution in [1.29, 1.82) is 0 Å². The van der Waals surface area contributed by atoms with Crippen LogP contribution in [0, 0.1) is 0 Å². The number of carbonyl (C=O) groups is 1. The number of rotatable bonds is 13. The van der Waals surface area contributed by atoms with E-state index in [1.807, 2.05) is 0 Å². The van der Waals surface area contributed by atoms with E-state index in [1.54, 1.807) is 0 Å². The predicted octanol–water partition coefficient (Wildman–Crippen LogP) is -0.0703. The van der Waals surface area contributed by atoms with Crippen molar-refractivity contribution in [3.05, 3.63) is 0 Å². The van der Waals surface area contributed by atoms with E-state index in [4.69, 9.17) is 4.74 Å². The zero-order valence-corrected chi connectivity index (χ0v) is 16.8. The summed E-state index contributed by atoms with van der Waals surface area (Å²) in [7, 11) is -4.77. The molecule has 0 aliphatic carbocycles. The Hall–Kier alpha value is 0.340. The molecule has 0 saturated carbocycles. The van der Waals surface area contributed by atoms with Gasteiger partial charge in [-0.3, -0.25) is 8.98 Å². The van der Waals surface area contributed by atoms with Crippen molar-refractivity contribution in [2.75, 3.05) is 6.61 Å². The first-order chi connectivity index (χ1) is 9.85. The molecular formula is C14H27NaO6S. The SMILES string of the molecule is CCCCCCCCCCOC(=O)CC(C)OS(=O)(=O)[O-].[Na+]. The summed E-state index contributed by atoms with van der Waals surface area (Å²) in [4.78, 5) is 11.3. The second-order valence-electron chi connectivity index (χ2n) is 5.21. The summed E-state index contributed by atoms with van der Waals surface area (Å²) in [5.74, 6) is -0.547. The molecular weight excluding hydrogens is 319 g/mol. The maximum atomic E-state index is 11.3. The van der Waals surface area contributed by atoms with Gasteiger partial charge in [-0.25, -0.2) is 8.42 Å². The van der Waals surface area contributed by atoms with Crippen LogP contribution in [-0.4, -0.2) is 31.7 Å². The Balaban J connectivity index is 0. The summed E-state index contributed by atoms with van der Waals surface area (Å²) in [6.45, 7) is 3.85. The van der Waals surface area contributed by atoms with Crippen LogP contribution in [0.15, 0.2) is 0 Å². The average Bonchev–Trinajstić information content (AvgIpc) is 2.34. The molecule has 126 valence electrons. The van der Waals surface area contributed by atoms with Gasteiger partial charge in [-0.2, -0.15) is 0 Å². The van der Waals surface area contributed by atoms with E-state index in [1.165, 1.54) is 39.0 Å². The molecule has 0 aromatic carbocycles. The van der Waals surface area contributed by atoms with Gasteiger partial charge in [0.2, 0.25) is 10.4 Å². The summed E-state index contributed by atoms with van der Waals surface area (Å²) in [5, 5.41) is 0. The molecule has 0 aliphatic rings. The van der Waals surface area contributed by atoms with Crippen LogP contribution in [0.3, 0.4) is 0 Å². The van der Waals surface area contributed by atoms with Crippen LogP contribution in [0.4, 0.5) is 0 Å². The zero-order chi connectivity index (χ0) is 16.1. The summed E-state index contributed by atoms with van der Waals surface area (Å²) in [6.07, 6.45) is 8.00. The van der Waals surface area contributed by atoms with Gasteiger partial charge in [0, 0.05) is 0 Å². The Morgan fingerprint density at radius 1 is 1.05 bits per heavy atom. The van der Waals surface area contributed by atoms with Gasteiger partial charge in [0.15, 0.2) is 0 Å². The Labute approximate surface area is 156 Å². The molecule has 0 rings (SSSR count). The van der Waals surface area contributed by atoms with Crippen molar-refractivity contribution in [2.24, 2.45) is 0 Å². The van der Waals surface area contributed by atoms with Crippen LogP contribution in [0.1, 0.15) is 71.6 Å². The summed E-state index contributed by atoms with van der Waals surface area (Å²) in [5.41, 5.74) is 0. The Morgan fingerprint density at radius 2 is 1.55 bits per heavy atom. The third-order valence-electron chi connectivity index (χ3n) is 3.00. The molecule has 0 amide bonds. The van der Waals surface area contributed by atoms with Gasteiger partial charge in [-0.1, -0.05) is 51.9 Å². The van der Waals surface area contributed by atoms with Crippen molar-refractivity contribution in [3.63, 3.8) is 0 Å². The van der Waals surface area contributed by atoms with E-state index in [0.29, 0.717) is 6.61 Å². The molecule has 22 heavy (non-hydrogen) atoms. The van der Waals surface area contributed by atoms with Crippen LogP contribution in [0.25, 0.3) is 0 Å². The first-order valence-corrected chi connectivity index (χ1v) is 8.98. The molecule has 0 N–H and O–H groups in total. The molecule has 0 aromatic heterocycles. The predicted molar refractivity (Wildman–Crippen MR) is 78.4 cm³/mol. The molecule has 1 unspecified atom stereocenters. The van der Waals surface area contributed by atoms with Crippen molar-refractivity contribution in [2.45, 2.75) is 77.7 Å². The molecule has 0 saturated heterocycles. The van der Waals surface area contributed by atoms with Gasteiger partial charge in [-0.05, 0) is 13.3 Å². The molecule has 0 aromatic rings. The molecule has 1 atom stereocenters. The molecule has 0 bridgehead atoms. The number of hydrogen-bond donors (Lipinski definition) is 0. The smallest absolute Gasteiger partial charge is 0.726 e. The maximum Gasteiger partial charge on any atom is 1.00 e. The zero-order valence-electron chi connectivity index (χ0n) is 14.0. The van der Waals surface area contributed by atoms with Crippen LogP contribution in [-0.2, 0) is 24.1 Å². The Morgan fingerprint density at radius 3 is 2.05 bits per heavy atom. The van der Waals surface area contributed by atoms with E-state index >= 15 is 0 Å². The van der Waals surface area contributed by atoms with Crippen LogP contribution >= 0.6 is 0 Å². The Kier molecular flexibility index (Phi) is 16.7. The van der Waals surface area contributed by atoms with Crippen molar-refractivity contribution >= 4 is 16.4 Å². The number of carbonyl (C=O) groups excluding carboxylic acids is 1. The number of ether oxygens (including phenoxy) is 1. The van der Waals surface area contributed by atoms with E-state index in [9.17, 15) is 17.8 Å². The molecule has 6 nitrogen and oxygen atoms in total. The van der Waals surface area contributed by atoms with E-state index in [0.717, 1.165) is 19.3 Å². The number of hydrogen-bond acceptors (Lipinski definition) is 6. The number of unbranched alkanes of at least 4 members (excludes halogenated alkanes) is 7. The van der Waals surface area contributed by atoms with Crippen molar-refractivity contribution < 1.29 is 56.2 Å². The third-order valence-corrected chi connectivity index (χ3v) is 3.56.